The minimum absolute atomic E-state index is 0.0149. The van der Waals surface area contributed by atoms with Crippen molar-refractivity contribution in [2.45, 2.75) is 19.4 Å². The number of piperidine rings is 1. The fraction of sp³-hybridized carbons (Fsp3) is 0.435. The van der Waals surface area contributed by atoms with Gasteiger partial charge in [-0.25, -0.2) is 0 Å². The van der Waals surface area contributed by atoms with Crippen LogP contribution in [0.5, 0.6) is 11.5 Å². The summed E-state index contributed by atoms with van der Waals surface area (Å²) in [6, 6.07) is 13.0. The summed E-state index contributed by atoms with van der Waals surface area (Å²) in [6.07, 6.45) is 2.04. The van der Waals surface area contributed by atoms with Crippen LogP contribution in [0, 0.1) is 5.92 Å². The van der Waals surface area contributed by atoms with Crippen LogP contribution in [0.15, 0.2) is 42.5 Å². The third-order valence-corrected chi connectivity index (χ3v) is 5.45. The zero-order valence-corrected chi connectivity index (χ0v) is 18.3. The van der Waals surface area contributed by atoms with Gasteiger partial charge in [0.25, 0.3) is 0 Å². The standard InChI is InChI=1S/C23H29ClN2O4/c1-28-21-10-18(11-22(13-21)29-2)16-30-15-17-6-8-26(9-7-17)14-23(27)25-20-5-3-4-19(24)12-20/h3-5,10-13,17H,6-9,14-16H2,1-2H3,(H,25,27). The molecule has 30 heavy (non-hydrogen) atoms. The minimum Gasteiger partial charge on any atom is -0.497 e. The highest BCUT2D eigenvalue weighted by molar-refractivity contribution is 6.30. The number of ether oxygens (including phenoxy) is 3. The molecule has 1 N–H and O–H groups in total. The molecule has 6 nitrogen and oxygen atoms in total. The molecule has 1 aliphatic heterocycles. The second-order valence-corrected chi connectivity index (χ2v) is 7.95. The molecule has 0 saturated carbocycles. The fourth-order valence-electron chi connectivity index (χ4n) is 3.57. The van der Waals surface area contributed by atoms with E-state index < -0.39 is 0 Å². The van der Waals surface area contributed by atoms with Gasteiger partial charge in [-0.05, 0) is 67.7 Å². The van der Waals surface area contributed by atoms with Gasteiger partial charge in [0.15, 0.2) is 0 Å². The predicted octanol–water partition coefficient (Wildman–Crippen LogP) is 4.22. The van der Waals surface area contributed by atoms with Crippen molar-refractivity contribution in [3.8, 4) is 11.5 Å². The number of carbonyl (C=O) groups is 1. The zero-order chi connectivity index (χ0) is 21.3. The average Bonchev–Trinajstić information content (AvgIpc) is 2.74. The number of hydrogen-bond acceptors (Lipinski definition) is 5. The number of benzene rings is 2. The Labute approximate surface area is 183 Å². The number of anilines is 1. The van der Waals surface area contributed by atoms with Gasteiger partial charge in [0, 0.05) is 23.4 Å². The Balaban J connectivity index is 1.37. The van der Waals surface area contributed by atoms with Crippen LogP contribution in [0.2, 0.25) is 5.02 Å². The van der Waals surface area contributed by atoms with E-state index in [4.69, 9.17) is 25.8 Å². The molecule has 0 radical (unpaired) electrons. The molecule has 1 aliphatic rings. The smallest absolute Gasteiger partial charge is 0.238 e. The van der Waals surface area contributed by atoms with E-state index in [0.717, 1.165) is 48.7 Å². The summed E-state index contributed by atoms with van der Waals surface area (Å²) in [5.41, 5.74) is 1.76. The molecule has 2 aromatic carbocycles. The maximum atomic E-state index is 12.3. The summed E-state index contributed by atoms with van der Waals surface area (Å²) >= 11 is 5.96. The molecular formula is C23H29ClN2O4. The number of likely N-dealkylation sites (tertiary alicyclic amines) is 1. The second-order valence-electron chi connectivity index (χ2n) is 7.51. The SMILES string of the molecule is COc1cc(COCC2CCN(CC(=O)Nc3cccc(Cl)c3)CC2)cc(OC)c1. The molecule has 2 aromatic rings. The molecule has 0 atom stereocenters. The van der Waals surface area contributed by atoms with E-state index in [9.17, 15) is 4.79 Å². The zero-order valence-electron chi connectivity index (χ0n) is 17.5. The van der Waals surface area contributed by atoms with Crippen LogP contribution in [-0.4, -0.2) is 51.3 Å². The molecule has 7 heteroatoms. The highest BCUT2D eigenvalue weighted by Gasteiger charge is 2.21. The molecule has 1 fully saturated rings. The van der Waals surface area contributed by atoms with Gasteiger partial charge in [-0.15, -0.1) is 0 Å². The quantitative estimate of drug-likeness (QED) is 0.642. The Bertz CT molecular complexity index is 815. The van der Waals surface area contributed by atoms with E-state index >= 15 is 0 Å². The van der Waals surface area contributed by atoms with Gasteiger partial charge in [0.1, 0.15) is 11.5 Å². The first-order valence-electron chi connectivity index (χ1n) is 10.1. The van der Waals surface area contributed by atoms with Crippen LogP contribution in [0.1, 0.15) is 18.4 Å². The van der Waals surface area contributed by atoms with Gasteiger partial charge in [-0.3, -0.25) is 9.69 Å². The van der Waals surface area contributed by atoms with E-state index in [-0.39, 0.29) is 5.91 Å². The predicted molar refractivity (Wildman–Crippen MR) is 118 cm³/mol. The van der Waals surface area contributed by atoms with Crippen LogP contribution in [0.4, 0.5) is 5.69 Å². The topological polar surface area (TPSA) is 60.0 Å². The molecule has 3 rings (SSSR count). The minimum atomic E-state index is -0.0149. The fourth-order valence-corrected chi connectivity index (χ4v) is 3.76. The third-order valence-electron chi connectivity index (χ3n) is 5.22. The number of carbonyl (C=O) groups excluding carboxylic acids is 1. The lowest BCUT2D eigenvalue weighted by Crippen LogP contribution is -2.40. The summed E-state index contributed by atoms with van der Waals surface area (Å²) in [5.74, 6) is 2.01. The number of nitrogens with zero attached hydrogens (tertiary/aromatic N) is 1. The van der Waals surface area contributed by atoms with Gasteiger partial charge in [-0.1, -0.05) is 17.7 Å². The maximum absolute atomic E-state index is 12.3. The van der Waals surface area contributed by atoms with Crippen molar-refractivity contribution in [1.29, 1.82) is 0 Å². The first-order chi connectivity index (χ1) is 14.6. The molecule has 0 spiro atoms. The van der Waals surface area contributed by atoms with Crippen LogP contribution in [-0.2, 0) is 16.1 Å². The van der Waals surface area contributed by atoms with Crippen LogP contribution < -0.4 is 14.8 Å². The summed E-state index contributed by atoms with van der Waals surface area (Å²) in [5, 5.41) is 3.51. The summed E-state index contributed by atoms with van der Waals surface area (Å²) < 4.78 is 16.5. The largest absolute Gasteiger partial charge is 0.497 e. The van der Waals surface area contributed by atoms with Crippen LogP contribution in [0.3, 0.4) is 0 Å². The highest BCUT2D eigenvalue weighted by Crippen LogP contribution is 2.24. The Morgan fingerprint density at radius 3 is 2.43 bits per heavy atom. The highest BCUT2D eigenvalue weighted by atomic mass is 35.5. The third kappa shape index (κ3) is 6.90. The number of halogens is 1. The first-order valence-corrected chi connectivity index (χ1v) is 10.5. The van der Waals surface area contributed by atoms with Gasteiger partial charge < -0.3 is 19.5 Å². The number of rotatable bonds is 9. The molecule has 0 unspecified atom stereocenters. The lowest BCUT2D eigenvalue weighted by Gasteiger charge is -2.31. The first kappa shape index (κ1) is 22.4. The maximum Gasteiger partial charge on any atom is 0.238 e. The van der Waals surface area contributed by atoms with Crippen molar-refractivity contribution in [2.24, 2.45) is 5.92 Å². The van der Waals surface area contributed by atoms with E-state index in [1.165, 1.54) is 0 Å². The average molecular weight is 433 g/mol. The Morgan fingerprint density at radius 2 is 1.80 bits per heavy atom. The summed E-state index contributed by atoms with van der Waals surface area (Å²) in [4.78, 5) is 14.4. The normalized spacial score (nSPS) is 15.0. The lowest BCUT2D eigenvalue weighted by atomic mass is 9.98. The molecule has 162 valence electrons. The van der Waals surface area contributed by atoms with Crippen LogP contribution in [0.25, 0.3) is 0 Å². The van der Waals surface area contributed by atoms with E-state index in [1.807, 2.05) is 30.3 Å². The van der Waals surface area contributed by atoms with Crippen LogP contribution >= 0.6 is 11.6 Å². The van der Waals surface area contributed by atoms with Crippen molar-refractivity contribution < 1.29 is 19.0 Å². The van der Waals surface area contributed by atoms with Gasteiger partial charge in [0.2, 0.25) is 5.91 Å². The molecule has 0 bridgehead atoms. The van der Waals surface area contributed by atoms with Gasteiger partial charge >= 0.3 is 0 Å². The molecule has 1 saturated heterocycles. The van der Waals surface area contributed by atoms with E-state index in [2.05, 4.69) is 10.2 Å². The Morgan fingerprint density at radius 1 is 1.10 bits per heavy atom. The van der Waals surface area contributed by atoms with Gasteiger partial charge in [-0.2, -0.15) is 0 Å². The summed E-state index contributed by atoms with van der Waals surface area (Å²) in [7, 11) is 3.28. The summed E-state index contributed by atoms with van der Waals surface area (Å²) in [6.45, 7) is 3.41. The molecule has 1 amide bonds. The number of hydrogen-bond donors (Lipinski definition) is 1. The number of amides is 1. The molecule has 0 aliphatic carbocycles. The second kappa shape index (κ2) is 11.2. The van der Waals surface area contributed by atoms with Gasteiger partial charge in [0.05, 0.1) is 27.4 Å². The van der Waals surface area contributed by atoms with E-state index in [1.54, 1.807) is 26.4 Å². The Kier molecular flexibility index (Phi) is 8.37. The van der Waals surface area contributed by atoms with E-state index in [0.29, 0.717) is 30.7 Å². The Hall–Kier alpha value is -2.28. The van der Waals surface area contributed by atoms with Crippen molar-refractivity contribution in [3.05, 3.63) is 53.1 Å². The molecule has 1 heterocycles. The van der Waals surface area contributed by atoms with Crippen molar-refractivity contribution >= 4 is 23.2 Å². The monoisotopic (exact) mass is 432 g/mol. The molecular weight excluding hydrogens is 404 g/mol. The van der Waals surface area contributed by atoms with Crippen molar-refractivity contribution in [2.75, 3.05) is 45.8 Å². The number of methoxy groups -OCH3 is 2. The lowest BCUT2D eigenvalue weighted by molar-refractivity contribution is -0.117. The molecule has 0 aromatic heterocycles. The van der Waals surface area contributed by atoms with Crippen molar-refractivity contribution in [3.63, 3.8) is 0 Å². The van der Waals surface area contributed by atoms with Crippen molar-refractivity contribution in [1.82, 2.24) is 4.90 Å². The number of nitrogens with one attached hydrogen (secondary N) is 1.